The fourth-order valence-electron chi connectivity index (χ4n) is 1.18. The highest BCUT2D eigenvalue weighted by molar-refractivity contribution is 7.16. The van der Waals surface area contributed by atoms with Gasteiger partial charge in [-0.1, -0.05) is 0 Å². The van der Waals surface area contributed by atoms with Crippen LogP contribution in [-0.2, 0) is 0 Å². The first-order valence-electron chi connectivity index (χ1n) is 4.13. The van der Waals surface area contributed by atoms with Crippen molar-refractivity contribution in [3.63, 3.8) is 0 Å². The zero-order valence-corrected chi connectivity index (χ0v) is 8.41. The molecular weight excluding hydrogens is 196 g/mol. The molecule has 2 rings (SSSR count). The van der Waals surface area contributed by atoms with Crippen molar-refractivity contribution in [3.8, 4) is 10.6 Å². The number of aldehydes is 1. The highest BCUT2D eigenvalue weighted by Crippen LogP contribution is 2.26. The molecule has 3 nitrogen and oxygen atoms in total. The second-order valence-electron chi connectivity index (χ2n) is 2.88. The Kier molecular flexibility index (Phi) is 2.37. The summed E-state index contributed by atoms with van der Waals surface area (Å²) in [6.07, 6.45) is 5.92. The molecule has 70 valence electrons. The number of hydrogen-bond donors (Lipinski definition) is 0. The van der Waals surface area contributed by atoms with Crippen LogP contribution in [0.4, 0.5) is 0 Å². The SMILES string of the molecule is Cc1cnccc1-c1ncc(C=O)s1. The second kappa shape index (κ2) is 3.67. The van der Waals surface area contributed by atoms with E-state index in [1.807, 2.05) is 13.0 Å². The van der Waals surface area contributed by atoms with E-state index in [1.165, 1.54) is 11.3 Å². The minimum atomic E-state index is 0.649. The molecule has 0 saturated carbocycles. The van der Waals surface area contributed by atoms with Crippen molar-refractivity contribution >= 4 is 17.6 Å². The lowest BCUT2D eigenvalue weighted by Crippen LogP contribution is -1.82. The maximum atomic E-state index is 10.5. The van der Waals surface area contributed by atoms with Crippen LogP contribution in [0.15, 0.2) is 24.7 Å². The number of hydrogen-bond acceptors (Lipinski definition) is 4. The smallest absolute Gasteiger partial charge is 0.161 e. The van der Waals surface area contributed by atoms with Gasteiger partial charge in [-0.2, -0.15) is 0 Å². The number of carbonyl (C=O) groups is 1. The summed E-state index contributed by atoms with van der Waals surface area (Å²) < 4.78 is 0. The van der Waals surface area contributed by atoms with Gasteiger partial charge in [0.2, 0.25) is 0 Å². The predicted molar refractivity (Wildman–Crippen MR) is 55.5 cm³/mol. The lowest BCUT2D eigenvalue weighted by molar-refractivity contribution is 0.112. The first kappa shape index (κ1) is 9.02. The molecule has 0 unspecified atom stereocenters. The monoisotopic (exact) mass is 204 g/mol. The van der Waals surface area contributed by atoms with E-state index in [2.05, 4.69) is 9.97 Å². The number of aromatic nitrogens is 2. The van der Waals surface area contributed by atoms with Crippen LogP contribution < -0.4 is 0 Å². The van der Waals surface area contributed by atoms with Crippen molar-refractivity contribution in [1.82, 2.24) is 9.97 Å². The molecule has 0 saturated heterocycles. The lowest BCUT2D eigenvalue weighted by Gasteiger charge is -1.98. The van der Waals surface area contributed by atoms with Gasteiger partial charge < -0.3 is 0 Å². The van der Waals surface area contributed by atoms with Crippen molar-refractivity contribution < 1.29 is 4.79 Å². The van der Waals surface area contributed by atoms with Gasteiger partial charge in [-0.3, -0.25) is 9.78 Å². The summed E-state index contributed by atoms with van der Waals surface area (Å²) in [6.45, 7) is 1.98. The van der Waals surface area contributed by atoms with Crippen LogP contribution in [0.25, 0.3) is 10.6 Å². The van der Waals surface area contributed by atoms with Crippen LogP contribution in [0, 0.1) is 6.92 Å². The molecule has 2 heterocycles. The van der Waals surface area contributed by atoms with Crippen LogP contribution in [0.1, 0.15) is 15.2 Å². The van der Waals surface area contributed by atoms with Crippen molar-refractivity contribution in [2.45, 2.75) is 6.92 Å². The second-order valence-corrected chi connectivity index (χ2v) is 3.94. The van der Waals surface area contributed by atoms with Gasteiger partial charge in [0, 0.05) is 24.2 Å². The normalized spacial score (nSPS) is 10.1. The zero-order chi connectivity index (χ0) is 9.97. The van der Waals surface area contributed by atoms with Crippen molar-refractivity contribution in [2.75, 3.05) is 0 Å². The Balaban J connectivity index is 2.49. The van der Waals surface area contributed by atoms with E-state index in [0.717, 1.165) is 22.4 Å². The Morgan fingerprint density at radius 3 is 2.93 bits per heavy atom. The molecule has 0 aliphatic rings. The average Bonchev–Trinajstić information content (AvgIpc) is 2.67. The third-order valence-corrected chi connectivity index (χ3v) is 2.85. The molecule has 0 aliphatic heterocycles. The lowest BCUT2D eigenvalue weighted by atomic mass is 10.2. The minimum Gasteiger partial charge on any atom is -0.297 e. The molecule has 2 aromatic heterocycles. The molecule has 0 N–H and O–H groups in total. The van der Waals surface area contributed by atoms with Gasteiger partial charge in [0.1, 0.15) is 5.01 Å². The number of rotatable bonds is 2. The van der Waals surface area contributed by atoms with Crippen molar-refractivity contribution in [2.24, 2.45) is 0 Å². The predicted octanol–water partition coefficient (Wildman–Crippen LogP) is 2.33. The minimum absolute atomic E-state index is 0.649. The summed E-state index contributed by atoms with van der Waals surface area (Å²) in [7, 11) is 0. The molecule has 0 radical (unpaired) electrons. The van der Waals surface area contributed by atoms with Gasteiger partial charge >= 0.3 is 0 Å². The Morgan fingerprint density at radius 1 is 1.43 bits per heavy atom. The topological polar surface area (TPSA) is 42.9 Å². The van der Waals surface area contributed by atoms with Gasteiger partial charge in [0.25, 0.3) is 0 Å². The summed E-state index contributed by atoms with van der Waals surface area (Å²) in [6, 6.07) is 1.91. The molecule has 0 spiro atoms. The van der Waals surface area contributed by atoms with E-state index >= 15 is 0 Å². The first-order chi connectivity index (χ1) is 6.81. The van der Waals surface area contributed by atoms with Gasteiger partial charge in [-0.05, 0) is 18.6 Å². The van der Waals surface area contributed by atoms with E-state index in [4.69, 9.17) is 0 Å². The Hall–Kier alpha value is -1.55. The first-order valence-corrected chi connectivity index (χ1v) is 4.95. The van der Waals surface area contributed by atoms with E-state index < -0.39 is 0 Å². The van der Waals surface area contributed by atoms with Crippen LogP contribution >= 0.6 is 11.3 Å². The largest absolute Gasteiger partial charge is 0.297 e. The average molecular weight is 204 g/mol. The molecule has 0 amide bonds. The fourth-order valence-corrected chi connectivity index (χ4v) is 2.00. The van der Waals surface area contributed by atoms with Crippen LogP contribution in [0.2, 0.25) is 0 Å². The maximum absolute atomic E-state index is 10.5. The molecule has 0 bridgehead atoms. The number of carbonyl (C=O) groups excluding carboxylic acids is 1. The van der Waals surface area contributed by atoms with Gasteiger partial charge in [0.05, 0.1) is 4.88 Å². The molecule has 4 heteroatoms. The highest BCUT2D eigenvalue weighted by atomic mass is 32.1. The molecule has 0 atom stereocenters. The molecular formula is C10H8N2OS. The molecule has 0 fully saturated rings. The van der Waals surface area contributed by atoms with Crippen LogP contribution in [0.3, 0.4) is 0 Å². The van der Waals surface area contributed by atoms with Gasteiger partial charge in [0.15, 0.2) is 6.29 Å². The van der Waals surface area contributed by atoms with Gasteiger partial charge in [-0.25, -0.2) is 4.98 Å². The molecule has 0 aliphatic carbocycles. The van der Waals surface area contributed by atoms with Gasteiger partial charge in [-0.15, -0.1) is 11.3 Å². The maximum Gasteiger partial charge on any atom is 0.161 e. The summed E-state index contributed by atoms with van der Waals surface area (Å²) in [5.74, 6) is 0. The van der Waals surface area contributed by atoms with E-state index in [-0.39, 0.29) is 0 Å². The summed E-state index contributed by atoms with van der Waals surface area (Å²) in [5, 5.41) is 0.868. The van der Waals surface area contributed by atoms with E-state index in [1.54, 1.807) is 18.6 Å². The van der Waals surface area contributed by atoms with Crippen molar-refractivity contribution in [1.29, 1.82) is 0 Å². The van der Waals surface area contributed by atoms with Crippen molar-refractivity contribution in [3.05, 3.63) is 35.1 Å². The number of aryl methyl sites for hydroxylation is 1. The Morgan fingerprint density at radius 2 is 2.29 bits per heavy atom. The highest BCUT2D eigenvalue weighted by Gasteiger charge is 2.06. The van der Waals surface area contributed by atoms with Crippen LogP contribution in [-0.4, -0.2) is 16.3 Å². The molecule has 0 aromatic carbocycles. The Bertz CT molecular complexity index is 465. The number of thiazole rings is 1. The Labute approximate surface area is 85.5 Å². The number of pyridine rings is 1. The summed E-state index contributed by atoms with van der Waals surface area (Å²) in [4.78, 5) is 19.3. The van der Waals surface area contributed by atoms with E-state index in [9.17, 15) is 4.79 Å². The molecule has 14 heavy (non-hydrogen) atoms. The third-order valence-electron chi connectivity index (χ3n) is 1.89. The fraction of sp³-hybridized carbons (Fsp3) is 0.100. The summed E-state index contributed by atoms with van der Waals surface area (Å²) in [5.41, 5.74) is 2.11. The van der Waals surface area contributed by atoms with Crippen LogP contribution in [0.5, 0.6) is 0 Å². The third kappa shape index (κ3) is 1.56. The zero-order valence-electron chi connectivity index (χ0n) is 7.60. The summed E-state index contributed by atoms with van der Waals surface area (Å²) >= 11 is 1.39. The quantitative estimate of drug-likeness (QED) is 0.705. The van der Waals surface area contributed by atoms with E-state index in [0.29, 0.717) is 4.88 Å². The molecule has 2 aromatic rings. The number of nitrogens with zero attached hydrogens (tertiary/aromatic N) is 2. The standard InChI is InChI=1S/C10H8N2OS/c1-7-4-11-3-2-9(7)10-12-5-8(6-13)14-10/h2-6H,1H3.